The number of carbonyl (C=O) groups is 2. The van der Waals surface area contributed by atoms with Crippen LogP contribution in [0.3, 0.4) is 0 Å². The molecular weight excluding hydrogens is 714 g/mol. The summed E-state index contributed by atoms with van der Waals surface area (Å²) in [6.45, 7) is 14.1. The van der Waals surface area contributed by atoms with E-state index in [0.29, 0.717) is 0 Å². The van der Waals surface area contributed by atoms with Crippen LogP contribution in [0.5, 0.6) is 0 Å². The molecular formula is C38H48ClN9O2S2. The van der Waals surface area contributed by atoms with Gasteiger partial charge in [-0.2, -0.15) is 10.2 Å². The van der Waals surface area contributed by atoms with Crippen molar-refractivity contribution in [3.05, 3.63) is 113 Å². The first-order chi connectivity index (χ1) is 24.9. The molecule has 0 fully saturated rings. The highest BCUT2D eigenvalue weighted by Crippen LogP contribution is 2.30. The number of aromatic amines is 1. The molecule has 6 rings (SSSR count). The van der Waals surface area contributed by atoms with Gasteiger partial charge in [0.25, 0.3) is 0 Å². The lowest BCUT2D eigenvalue weighted by Crippen LogP contribution is -2.04. The summed E-state index contributed by atoms with van der Waals surface area (Å²) in [5.41, 5.74) is 6.60. The van der Waals surface area contributed by atoms with E-state index in [-0.39, 0.29) is 11.1 Å². The van der Waals surface area contributed by atoms with Gasteiger partial charge < -0.3 is 10.6 Å². The zero-order valence-corrected chi connectivity index (χ0v) is 33.3. The molecule has 0 saturated carbocycles. The lowest BCUT2D eigenvalue weighted by molar-refractivity contribution is -0.109. The first kappa shape index (κ1) is 44.8. The summed E-state index contributed by atoms with van der Waals surface area (Å²) >= 11 is 7.87. The lowest BCUT2D eigenvalue weighted by Gasteiger charge is -1.92. The quantitative estimate of drug-likeness (QED) is 0.0967. The largest absolute Gasteiger partial charge is 0.365 e. The van der Waals surface area contributed by atoms with Crippen molar-refractivity contribution < 1.29 is 9.59 Å². The molecule has 276 valence electrons. The van der Waals surface area contributed by atoms with Crippen LogP contribution >= 0.6 is 34.3 Å². The highest BCUT2D eigenvalue weighted by Gasteiger charge is 2.12. The highest BCUT2D eigenvalue weighted by atomic mass is 35.5. The number of aryl methyl sites for hydroxylation is 4. The minimum absolute atomic E-state index is 0.104. The Hall–Kier alpha value is -5.20. The first-order valence-corrected chi connectivity index (χ1v) is 18.2. The summed E-state index contributed by atoms with van der Waals surface area (Å²) in [4.78, 5) is 31.5. The van der Waals surface area contributed by atoms with Gasteiger partial charge in [-0.15, -0.1) is 22.7 Å². The van der Waals surface area contributed by atoms with E-state index in [0.717, 1.165) is 50.5 Å². The molecule has 11 nitrogen and oxygen atoms in total. The summed E-state index contributed by atoms with van der Waals surface area (Å²) in [7, 11) is 3.71. The molecule has 0 aliphatic rings. The number of H-pyrrole nitrogens is 1. The van der Waals surface area contributed by atoms with Gasteiger partial charge >= 0.3 is 0 Å². The predicted octanol–water partition coefficient (Wildman–Crippen LogP) is 9.59. The predicted molar refractivity (Wildman–Crippen MR) is 219 cm³/mol. The Morgan fingerprint density at radius 1 is 0.846 bits per heavy atom. The summed E-state index contributed by atoms with van der Waals surface area (Å²) in [6.07, 6.45) is 9.26. The van der Waals surface area contributed by atoms with Crippen LogP contribution in [0.25, 0.3) is 22.5 Å². The number of nitrogens with one attached hydrogen (secondary N) is 4. The third-order valence-electron chi connectivity index (χ3n) is 6.47. The molecule has 0 aliphatic carbocycles. The molecule has 4 heterocycles. The molecule has 0 amide bonds. The Kier molecular flexibility index (Phi) is 22.2. The van der Waals surface area contributed by atoms with Crippen molar-refractivity contribution in [2.75, 3.05) is 24.7 Å². The molecule has 0 saturated heterocycles. The average Bonchev–Trinajstić information content (AvgIpc) is 3.97. The topological polar surface area (TPSA) is 154 Å². The molecule has 14 heteroatoms. The molecule has 6 aromatic rings. The summed E-state index contributed by atoms with van der Waals surface area (Å²) in [5, 5.41) is 24.0. The molecule has 0 radical (unpaired) electrons. The number of benzene rings is 2. The van der Waals surface area contributed by atoms with Gasteiger partial charge in [-0.25, -0.2) is 14.6 Å². The van der Waals surface area contributed by atoms with Gasteiger partial charge in [-0.3, -0.25) is 20.1 Å². The maximum atomic E-state index is 11.1. The lowest BCUT2D eigenvalue weighted by atomic mass is 10.2. The van der Waals surface area contributed by atoms with E-state index < -0.39 is 0 Å². The van der Waals surface area contributed by atoms with Crippen LogP contribution in [-0.4, -0.2) is 61.1 Å². The molecule has 2 aromatic carbocycles. The number of nitrogens with zero attached hydrogens (tertiary/aromatic N) is 5. The van der Waals surface area contributed by atoms with Crippen LogP contribution in [0.1, 0.15) is 53.4 Å². The van der Waals surface area contributed by atoms with E-state index in [1.807, 2.05) is 39.3 Å². The SMILES string of the molecule is C=C=N.CC(=O)Cl.CCc1ccccc1.CCc1ccccc1.CNc1nc(-c2cn[nH]c2)c(C)s1.CNc1nc(-c2cnn(C(C)=O)c2)c(C)s1. The number of carbonyl (C=O) groups excluding carboxylic acids is 2. The Balaban J connectivity index is 0.000000338. The van der Waals surface area contributed by atoms with E-state index >= 15 is 0 Å². The fraction of sp³-hybridized carbons (Fsp3) is 0.263. The van der Waals surface area contributed by atoms with E-state index in [1.54, 1.807) is 47.1 Å². The maximum absolute atomic E-state index is 11.1. The third-order valence-corrected chi connectivity index (χ3v) is 8.45. The summed E-state index contributed by atoms with van der Waals surface area (Å²) in [5.74, 6) is 1.65. The van der Waals surface area contributed by atoms with Crippen molar-refractivity contribution in [3.8, 4) is 22.5 Å². The van der Waals surface area contributed by atoms with Gasteiger partial charge in [0.15, 0.2) is 10.3 Å². The molecule has 52 heavy (non-hydrogen) atoms. The zero-order chi connectivity index (χ0) is 38.9. The van der Waals surface area contributed by atoms with E-state index in [9.17, 15) is 9.59 Å². The second-order valence-corrected chi connectivity index (χ2v) is 13.3. The minimum atomic E-state index is -0.361. The van der Waals surface area contributed by atoms with Crippen molar-refractivity contribution in [2.24, 2.45) is 0 Å². The zero-order valence-electron chi connectivity index (χ0n) is 31.0. The van der Waals surface area contributed by atoms with E-state index in [2.05, 4.69) is 123 Å². The number of hydrogen-bond donors (Lipinski definition) is 4. The molecule has 4 N–H and O–H groups in total. The van der Waals surface area contributed by atoms with Gasteiger partial charge in [-0.1, -0.05) is 74.5 Å². The third kappa shape index (κ3) is 17.1. The van der Waals surface area contributed by atoms with E-state index in [4.69, 9.17) is 5.41 Å². The van der Waals surface area contributed by atoms with Crippen LogP contribution in [0.2, 0.25) is 0 Å². The van der Waals surface area contributed by atoms with Crippen molar-refractivity contribution >= 4 is 61.6 Å². The standard InChI is InChI=1S/C10H12N4OS.C8H10N4S.2C8H10.C2H3ClO.C2H3N/c1-6-9(13-10(11-3)16-6)8-4-12-14(5-8)7(2)15;1-5-7(6-3-10-11-4-6)12-8(9-2)13-5;2*1-2-8-6-4-3-5-7-8;1-2(3)4;1-2-3/h4-5H,1-3H3,(H,11,13);3-4H,1-2H3,(H,9,12)(H,10,11);2*3-7H,2H2,1H3;1H3;3H,1H2. The first-order valence-electron chi connectivity index (χ1n) is 16.2. The van der Waals surface area contributed by atoms with Crippen LogP contribution < -0.4 is 10.6 Å². The van der Waals surface area contributed by atoms with Crippen LogP contribution in [0.15, 0.2) is 92.0 Å². The van der Waals surface area contributed by atoms with Gasteiger partial charge in [-0.05, 0) is 61.9 Å². The normalized spacial score (nSPS) is 9.25. The molecule has 4 aromatic heterocycles. The number of rotatable bonds is 6. The van der Waals surface area contributed by atoms with Crippen molar-refractivity contribution in [2.45, 2.75) is 54.4 Å². The second-order valence-electron chi connectivity index (χ2n) is 10.4. The molecule has 0 spiro atoms. The second kappa shape index (κ2) is 25.7. The fourth-order valence-corrected chi connectivity index (χ4v) is 5.55. The number of aromatic nitrogens is 6. The number of thiazole rings is 2. The highest BCUT2D eigenvalue weighted by molar-refractivity contribution is 7.16. The Bertz CT molecular complexity index is 1850. The number of halogens is 1. The van der Waals surface area contributed by atoms with Gasteiger partial charge in [0.2, 0.25) is 11.1 Å². The monoisotopic (exact) mass is 761 g/mol. The van der Waals surface area contributed by atoms with Crippen LogP contribution in [0.4, 0.5) is 10.3 Å². The average molecular weight is 762 g/mol. The summed E-state index contributed by atoms with van der Waals surface area (Å²) in [6, 6.07) is 20.9. The smallest absolute Gasteiger partial charge is 0.243 e. The van der Waals surface area contributed by atoms with Crippen molar-refractivity contribution in [1.82, 2.24) is 29.9 Å². The van der Waals surface area contributed by atoms with Gasteiger partial charge in [0.1, 0.15) is 0 Å². The fourth-order valence-electron chi connectivity index (χ4n) is 3.97. The Morgan fingerprint density at radius 3 is 1.56 bits per heavy atom. The summed E-state index contributed by atoms with van der Waals surface area (Å²) < 4.78 is 1.31. The van der Waals surface area contributed by atoms with Gasteiger partial charge in [0, 0.05) is 61.2 Å². The van der Waals surface area contributed by atoms with Gasteiger partial charge in [0.05, 0.1) is 23.8 Å². The molecule has 0 atom stereocenters. The maximum Gasteiger partial charge on any atom is 0.243 e. The number of anilines is 2. The molecule has 0 bridgehead atoms. The van der Waals surface area contributed by atoms with Crippen LogP contribution in [0, 0.1) is 19.3 Å². The van der Waals surface area contributed by atoms with E-state index in [1.165, 1.54) is 34.5 Å². The molecule has 0 aliphatic heterocycles. The Morgan fingerprint density at radius 2 is 1.27 bits per heavy atom. The number of hydrogen-bond acceptors (Lipinski definition) is 11. The van der Waals surface area contributed by atoms with Crippen molar-refractivity contribution in [3.63, 3.8) is 0 Å². The van der Waals surface area contributed by atoms with Crippen molar-refractivity contribution in [1.29, 1.82) is 5.41 Å². The van der Waals surface area contributed by atoms with Crippen LogP contribution in [-0.2, 0) is 17.6 Å². The Labute approximate surface area is 319 Å². The molecule has 0 unspecified atom stereocenters. The minimum Gasteiger partial charge on any atom is -0.365 e.